The van der Waals surface area contributed by atoms with Crippen molar-refractivity contribution in [3.8, 4) is 0 Å². The van der Waals surface area contributed by atoms with Crippen LogP contribution < -0.4 is 10.6 Å². The Morgan fingerprint density at radius 3 is 2.38 bits per heavy atom. The van der Waals surface area contributed by atoms with Gasteiger partial charge in [0.05, 0.1) is 0 Å². The minimum absolute atomic E-state index is 0.261. The van der Waals surface area contributed by atoms with Crippen molar-refractivity contribution in [2.45, 2.75) is 71.9 Å². The average molecular weight is 226 g/mol. The van der Waals surface area contributed by atoms with Crippen LogP contribution in [0.2, 0.25) is 0 Å². The van der Waals surface area contributed by atoms with Gasteiger partial charge in [-0.25, -0.2) is 0 Å². The zero-order chi connectivity index (χ0) is 12.2. The summed E-state index contributed by atoms with van der Waals surface area (Å²) in [6.07, 6.45) is 5.21. The molecule has 0 bridgehead atoms. The van der Waals surface area contributed by atoms with Crippen molar-refractivity contribution in [3.05, 3.63) is 0 Å². The Bertz CT molecular complexity index is 197. The summed E-state index contributed by atoms with van der Waals surface area (Å²) in [6.45, 7) is 13.9. The molecule has 0 amide bonds. The second-order valence-corrected chi connectivity index (χ2v) is 7.13. The Balaban J connectivity index is 2.19. The van der Waals surface area contributed by atoms with Crippen LogP contribution in [0.15, 0.2) is 0 Å². The molecule has 0 spiro atoms. The molecule has 0 aromatic carbocycles. The molecule has 1 saturated heterocycles. The molecule has 2 nitrogen and oxygen atoms in total. The van der Waals surface area contributed by atoms with E-state index in [4.69, 9.17) is 0 Å². The van der Waals surface area contributed by atoms with E-state index in [0.29, 0.717) is 5.41 Å². The summed E-state index contributed by atoms with van der Waals surface area (Å²) in [5.41, 5.74) is 0.666. The van der Waals surface area contributed by atoms with Crippen LogP contribution in [0.25, 0.3) is 0 Å². The van der Waals surface area contributed by atoms with E-state index >= 15 is 0 Å². The number of hydrogen-bond donors (Lipinski definition) is 2. The van der Waals surface area contributed by atoms with Gasteiger partial charge in [-0.05, 0) is 58.0 Å². The molecule has 2 heteroatoms. The third-order valence-corrected chi connectivity index (χ3v) is 3.23. The van der Waals surface area contributed by atoms with Gasteiger partial charge in [-0.2, -0.15) is 0 Å². The standard InChI is InChI=1S/C14H30N2/c1-13(2,3)11-14(4,5)16-10-8-12-7-6-9-15-12/h12,15-16H,6-11H2,1-5H3. The summed E-state index contributed by atoms with van der Waals surface area (Å²) in [5, 5.41) is 7.25. The highest BCUT2D eigenvalue weighted by molar-refractivity contribution is 4.84. The van der Waals surface area contributed by atoms with E-state index in [-0.39, 0.29) is 5.54 Å². The Morgan fingerprint density at radius 2 is 1.88 bits per heavy atom. The lowest BCUT2D eigenvalue weighted by Crippen LogP contribution is -2.44. The Kier molecular flexibility index (Phi) is 4.81. The Labute approximate surface area is 102 Å². The van der Waals surface area contributed by atoms with Crippen LogP contribution in [0.5, 0.6) is 0 Å². The van der Waals surface area contributed by atoms with Crippen molar-refractivity contribution in [2.75, 3.05) is 13.1 Å². The van der Waals surface area contributed by atoms with Crippen LogP contribution in [0.4, 0.5) is 0 Å². The summed E-state index contributed by atoms with van der Waals surface area (Å²) in [5.74, 6) is 0. The van der Waals surface area contributed by atoms with Gasteiger partial charge in [0.2, 0.25) is 0 Å². The molecule has 1 unspecified atom stereocenters. The lowest BCUT2D eigenvalue weighted by atomic mass is 9.82. The molecule has 1 rings (SSSR count). The fourth-order valence-corrected chi connectivity index (χ4v) is 2.98. The predicted octanol–water partition coefficient (Wildman–Crippen LogP) is 2.93. The molecule has 0 aliphatic carbocycles. The quantitative estimate of drug-likeness (QED) is 0.753. The zero-order valence-electron chi connectivity index (χ0n) is 11.8. The van der Waals surface area contributed by atoms with Gasteiger partial charge in [0, 0.05) is 11.6 Å². The first kappa shape index (κ1) is 14.0. The van der Waals surface area contributed by atoms with E-state index in [1.807, 2.05) is 0 Å². The first-order valence-corrected chi connectivity index (χ1v) is 6.77. The fraction of sp³-hybridized carbons (Fsp3) is 1.00. The molecule has 1 heterocycles. The number of rotatable bonds is 5. The molecule has 2 N–H and O–H groups in total. The second kappa shape index (κ2) is 5.50. The van der Waals surface area contributed by atoms with E-state index in [1.54, 1.807) is 0 Å². The minimum atomic E-state index is 0.261. The summed E-state index contributed by atoms with van der Waals surface area (Å²) in [4.78, 5) is 0. The summed E-state index contributed by atoms with van der Waals surface area (Å²) in [6, 6.07) is 0.762. The van der Waals surface area contributed by atoms with Crippen molar-refractivity contribution in [2.24, 2.45) is 5.41 Å². The van der Waals surface area contributed by atoms with E-state index in [1.165, 1.54) is 32.2 Å². The maximum atomic E-state index is 3.70. The molecular weight excluding hydrogens is 196 g/mol. The molecule has 1 aliphatic heterocycles. The Hall–Kier alpha value is -0.0800. The summed E-state index contributed by atoms with van der Waals surface area (Å²) >= 11 is 0. The molecule has 1 atom stereocenters. The van der Waals surface area contributed by atoms with Crippen molar-refractivity contribution in [1.82, 2.24) is 10.6 Å². The van der Waals surface area contributed by atoms with Gasteiger partial charge in [-0.3, -0.25) is 0 Å². The molecule has 0 aromatic heterocycles. The van der Waals surface area contributed by atoms with Gasteiger partial charge >= 0.3 is 0 Å². The third-order valence-electron chi connectivity index (χ3n) is 3.23. The largest absolute Gasteiger partial charge is 0.314 e. The molecule has 0 saturated carbocycles. The van der Waals surface area contributed by atoms with Crippen LogP contribution in [-0.4, -0.2) is 24.7 Å². The SMILES string of the molecule is CC(C)(C)CC(C)(C)NCCC1CCCN1. The highest BCUT2D eigenvalue weighted by Gasteiger charge is 2.25. The van der Waals surface area contributed by atoms with Gasteiger partial charge in [-0.15, -0.1) is 0 Å². The van der Waals surface area contributed by atoms with E-state index in [0.717, 1.165) is 12.6 Å². The lowest BCUT2D eigenvalue weighted by molar-refractivity contribution is 0.240. The lowest BCUT2D eigenvalue weighted by Gasteiger charge is -2.33. The van der Waals surface area contributed by atoms with Gasteiger partial charge in [0.15, 0.2) is 0 Å². The molecule has 96 valence electrons. The first-order chi connectivity index (χ1) is 7.29. The Morgan fingerprint density at radius 1 is 1.19 bits per heavy atom. The second-order valence-electron chi connectivity index (χ2n) is 7.13. The monoisotopic (exact) mass is 226 g/mol. The summed E-state index contributed by atoms with van der Waals surface area (Å²) in [7, 11) is 0. The number of nitrogens with one attached hydrogen (secondary N) is 2. The van der Waals surface area contributed by atoms with E-state index < -0.39 is 0 Å². The maximum absolute atomic E-state index is 3.70. The van der Waals surface area contributed by atoms with E-state index in [9.17, 15) is 0 Å². The van der Waals surface area contributed by atoms with Crippen LogP contribution in [0, 0.1) is 5.41 Å². The van der Waals surface area contributed by atoms with Crippen molar-refractivity contribution in [3.63, 3.8) is 0 Å². The minimum Gasteiger partial charge on any atom is -0.314 e. The van der Waals surface area contributed by atoms with Crippen molar-refractivity contribution < 1.29 is 0 Å². The van der Waals surface area contributed by atoms with Gasteiger partial charge < -0.3 is 10.6 Å². The molecule has 0 radical (unpaired) electrons. The van der Waals surface area contributed by atoms with Crippen LogP contribution in [0.3, 0.4) is 0 Å². The van der Waals surface area contributed by atoms with Gasteiger partial charge in [-0.1, -0.05) is 20.8 Å². The number of hydrogen-bond acceptors (Lipinski definition) is 2. The first-order valence-electron chi connectivity index (χ1n) is 6.77. The van der Waals surface area contributed by atoms with Crippen LogP contribution in [-0.2, 0) is 0 Å². The highest BCUT2D eigenvalue weighted by atomic mass is 15.0. The maximum Gasteiger partial charge on any atom is 0.0130 e. The van der Waals surface area contributed by atoms with Crippen molar-refractivity contribution in [1.29, 1.82) is 0 Å². The molecule has 1 fully saturated rings. The van der Waals surface area contributed by atoms with Crippen LogP contribution in [0.1, 0.15) is 60.3 Å². The highest BCUT2D eigenvalue weighted by Crippen LogP contribution is 2.26. The topological polar surface area (TPSA) is 24.1 Å². The van der Waals surface area contributed by atoms with E-state index in [2.05, 4.69) is 45.3 Å². The zero-order valence-corrected chi connectivity index (χ0v) is 11.8. The fourth-order valence-electron chi connectivity index (χ4n) is 2.98. The summed E-state index contributed by atoms with van der Waals surface area (Å²) < 4.78 is 0. The average Bonchev–Trinajstić information content (AvgIpc) is 2.51. The van der Waals surface area contributed by atoms with Gasteiger partial charge in [0.1, 0.15) is 0 Å². The van der Waals surface area contributed by atoms with Crippen LogP contribution >= 0.6 is 0 Å². The third kappa shape index (κ3) is 5.86. The molecular formula is C14H30N2. The van der Waals surface area contributed by atoms with Crippen molar-refractivity contribution >= 4 is 0 Å². The molecule has 0 aromatic rings. The van der Waals surface area contributed by atoms with Gasteiger partial charge in [0.25, 0.3) is 0 Å². The molecule has 16 heavy (non-hydrogen) atoms. The predicted molar refractivity (Wildman–Crippen MR) is 71.8 cm³/mol. The normalized spacial score (nSPS) is 22.7. The molecule has 1 aliphatic rings. The smallest absolute Gasteiger partial charge is 0.0130 e.